The number of fused-ring (bicyclic) bond motifs is 1. The maximum atomic E-state index is 11.9. The number of rotatable bonds is 2. The smallest absolute Gasteiger partial charge is 0.272 e. The quantitative estimate of drug-likeness (QED) is 0.807. The van der Waals surface area contributed by atoms with Crippen LogP contribution in [-0.4, -0.2) is 21.1 Å². The van der Waals surface area contributed by atoms with E-state index in [1.54, 1.807) is 0 Å². The molecule has 0 aliphatic carbocycles. The highest BCUT2D eigenvalue weighted by Gasteiger charge is 2.20. The van der Waals surface area contributed by atoms with Crippen LogP contribution < -0.4 is 11.3 Å². The van der Waals surface area contributed by atoms with Gasteiger partial charge in [-0.1, -0.05) is 20.8 Å². The number of hydrogen-bond donors (Lipinski definition) is 2. The zero-order valence-corrected chi connectivity index (χ0v) is 10.4. The Hall–Kier alpha value is -1.62. The standard InChI is InChI=1S/C12H18N4O/c1-12(2,3)9-7-14-16-10(17)6-8(4-5-13)15-11(9)16/h6-7,14H,4-5,13H2,1-3H3. The number of nitrogens with two attached hydrogens (primary N) is 1. The van der Waals surface area contributed by atoms with E-state index >= 15 is 0 Å². The molecule has 2 aromatic rings. The van der Waals surface area contributed by atoms with Gasteiger partial charge in [0.25, 0.3) is 5.56 Å². The number of nitrogens with one attached hydrogen (secondary N) is 1. The molecule has 5 heteroatoms. The van der Waals surface area contributed by atoms with E-state index in [4.69, 9.17) is 5.73 Å². The highest BCUT2D eigenvalue weighted by molar-refractivity contribution is 5.50. The molecule has 3 N–H and O–H groups in total. The van der Waals surface area contributed by atoms with Crippen LogP contribution in [-0.2, 0) is 11.8 Å². The van der Waals surface area contributed by atoms with Crippen LogP contribution in [0.3, 0.4) is 0 Å². The first kappa shape index (κ1) is 11.9. The van der Waals surface area contributed by atoms with Crippen molar-refractivity contribution in [3.63, 3.8) is 0 Å². The predicted octanol–water partition coefficient (Wildman–Crippen LogP) is 0.821. The number of aromatic amines is 1. The number of hydrogen-bond acceptors (Lipinski definition) is 3. The normalized spacial score (nSPS) is 12.2. The average Bonchev–Trinajstić information content (AvgIpc) is 2.61. The SMILES string of the molecule is CC(C)(C)c1c[nH]n2c(=O)cc(CCN)nc12. The van der Waals surface area contributed by atoms with Crippen molar-refractivity contribution in [2.75, 3.05) is 6.54 Å². The zero-order chi connectivity index (χ0) is 12.6. The Morgan fingerprint density at radius 1 is 1.47 bits per heavy atom. The maximum absolute atomic E-state index is 11.9. The zero-order valence-electron chi connectivity index (χ0n) is 10.4. The largest absolute Gasteiger partial charge is 0.330 e. The third-order valence-corrected chi connectivity index (χ3v) is 2.76. The Morgan fingerprint density at radius 3 is 2.76 bits per heavy atom. The van der Waals surface area contributed by atoms with Crippen LogP contribution in [0.4, 0.5) is 0 Å². The molecule has 0 aromatic carbocycles. The predicted molar refractivity (Wildman–Crippen MR) is 67.3 cm³/mol. The fraction of sp³-hybridized carbons (Fsp3) is 0.500. The van der Waals surface area contributed by atoms with E-state index < -0.39 is 0 Å². The van der Waals surface area contributed by atoms with Gasteiger partial charge in [0.15, 0.2) is 5.65 Å². The first-order valence-electron chi connectivity index (χ1n) is 5.74. The first-order valence-corrected chi connectivity index (χ1v) is 5.74. The van der Waals surface area contributed by atoms with E-state index in [0.717, 1.165) is 11.3 Å². The lowest BCUT2D eigenvalue weighted by molar-refractivity contribution is 0.594. The highest BCUT2D eigenvalue weighted by atomic mass is 16.1. The van der Waals surface area contributed by atoms with Crippen LogP contribution in [0, 0.1) is 0 Å². The molecule has 0 spiro atoms. The topological polar surface area (TPSA) is 76.2 Å². The van der Waals surface area contributed by atoms with Gasteiger partial charge in [-0.05, 0) is 12.0 Å². The molecule has 0 saturated carbocycles. The fourth-order valence-electron chi connectivity index (χ4n) is 1.86. The van der Waals surface area contributed by atoms with Crippen LogP contribution in [0.5, 0.6) is 0 Å². The summed E-state index contributed by atoms with van der Waals surface area (Å²) in [6.07, 6.45) is 2.47. The minimum atomic E-state index is -0.0889. The average molecular weight is 234 g/mol. The van der Waals surface area contributed by atoms with E-state index in [1.807, 2.05) is 6.20 Å². The second-order valence-corrected chi connectivity index (χ2v) is 5.22. The Kier molecular flexibility index (Phi) is 2.79. The Balaban J connectivity index is 2.70. The molecule has 0 radical (unpaired) electrons. The molecule has 0 aliphatic heterocycles. The summed E-state index contributed by atoms with van der Waals surface area (Å²) in [4.78, 5) is 16.4. The monoisotopic (exact) mass is 234 g/mol. The highest BCUT2D eigenvalue weighted by Crippen LogP contribution is 2.24. The van der Waals surface area contributed by atoms with Gasteiger partial charge in [0, 0.05) is 29.9 Å². The van der Waals surface area contributed by atoms with Gasteiger partial charge >= 0.3 is 0 Å². The summed E-state index contributed by atoms with van der Waals surface area (Å²) >= 11 is 0. The Labute approximate surface area is 99.6 Å². The second kappa shape index (κ2) is 4.00. The number of H-pyrrole nitrogens is 1. The van der Waals surface area contributed by atoms with Gasteiger partial charge in [-0.15, -0.1) is 0 Å². The van der Waals surface area contributed by atoms with Crippen molar-refractivity contribution in [1.82, 2.24) is 14.6 Å². The molecule has 0 aliphatic rings. The number of aromatic nitrogens is 3. The molecule has 17 heavy (non-hydrogen) atoms. The van der Waals surface area contributed by atoms with Gasteiger partial charge < -0.3 is 5.73 Å². The van der Waals surface area contributed by atoms with Crippen LogP contribution in [0.1, 0.15) is 32.0 Å². The molecule has 0 saturated heterocycles. The van der Waals surface area contributed by atoms with Gasteiger partial charge in [0.05, 0.1) is 0 Å². The summed E-state index contributed by atoms with van der Waals surface area (Å²) in [7, 11) is 0. The van der Waals surface area contributed by atoms with E-state index in [9.17, 15) is 4.79 Å². The van der Waals surface area contributed by atoms with Gasteiger partial charge in [0.1, 0.15) is 0 Å². The van der Waals surface area contributed by atoms with Gasteiger partial charge in [-0.25, -0.2) is 9.50 Å². The van der Waals surface area contributed by atoms with Crippen molar-refractivity contribution in [1.29, 1.82) is 0 Å². The molecule has 2 rings (SSSR count). The van der Waals surface area contributed by atoms with Crippen molar-refractivity contribution in [3.8, 4) is 0 Å². The minimum absolute atomic E-state index is 0.0496. The summed E-state index contributed by atoms with van der Waals surface area (Å²) in [6.45, 7) is 6.78. The third kappa shape index (κ3) is 2.10. The van der Waals surface area contributed by atoms with Crippen molar-refractivity contribution in [2.24, 2.45) is 5.73 Å². The molecule has 0 bridgehead atoms. The second-order valence-electron chi connectivity index (χ2n) is 5.22. The van der Waals surface area contributed by atoms with Gasteiger partial charge in [0.2, 0.25) is 0 Å². The van der Waals surface area contributed by atoms with Crippen LogP contribution in [0.15, 0.2) is 17.1 Å². The molecule has 0 unspecified atom stereocenters. The summed E-state index contributed by atoms with van der Waals surface area (Å²) in [5, 5.41) is 2.94. The van der Waals surface area contributed by atoms with Crippen molar-refractivity contribution < 1.29 is 0 Å². The molecule has 0 fully saturated rings. The van der Waals surface area contributed by atoms with E-state index in [0.29, 0.717) is 18.6 Å². The van der Waals surface area contributed by atoms with E-state index in [1.165, 1.54) is 10.6 Å². The maximum Gasteiger partial charge on any atom is 0.272 e. The third-order valence-electron chi connectivity index (χ3n) is 2.76. The lowest BCUT2D eigenvalue weighted by Crippen LogP contribution is -2.19. The van der Waals surface area contributed by atoms with Crippen molar-refractivity contribution >= 4 is 5.65 Å². The number of nitrogens with zero attached hydrogens (tertiary/aromatic N) is 2. The van der Waals surface area contributed by atoms with E-state index in [2.05, 4.69) is 30.9 Å². The summed E-state index contributed by atoms with van der Waals surface area (Å²) in [5.41, 5.74) is 7.85. The van der Waals surface area contributed by atoms with Crippen molar-refractivity contribution in [2.45, 2.75) is 32.6 Å². The molecule has 0 atom stereocenters. The van der Waals surface area contributed by atoms with Crippen LogP contribution in [0.2, 0.25) is 0 Å². The molecule has 92 valence electrons. The molecule has 0 amide bonds. The fourth-order valence-corrected chi connectivity index (χ4v) is 1.86. The Bertz CT molecular complexity index is 589. The van der Waals surface area contributed by atoms with E-state index in [-0.39, 0.29) is 11.0 Å². The molecule has 2 aromatic heterocycles. The lowest BCUT2D eigenvalue weighted by atomic mass is 9.89. The summed E-state index contributed by atoms with van der Waals surface area (Å²) < 4.78 is 1.47. The summed E-state index contributed by atoms with van der Waals surface area (Å²) in [6, 6.07) is 1.53. The molecule has 5 nitrogen and oxygen atoms in total. The van der Waals surface area contributed by atoms with Crippen LogP contribution >= 0.6 is 0 Å². The summed E-state index contributed by atoms with van der Waals surface area (Å²) in [5.74, 6) is 0. The van der Waals surface area contributed by atoms with Gasteiger partial charge in [-0.2, -0.15) is 0 Å². The molecule has 2 heterocycles. The minimum Gasteiger partial charge on any atom is -0.330 e. The van der Waals surface area contributed by atoms with Gasteiger partial charge in [-0.3, -0.25) is 9.89 Å². The molecular weight excluding hydrogens is 216 g/mol. The lowest BCUT2D eigenvalue weighted by Gasteiger charge is -2.16. The first-order chi connectivity index (χ1) is 7.93. The van der Waals surface area contributed by atoms with Crippen molar-refractivity contribution in [3.05, 3.63) is 33.9 Å². The van der Waals surface area contributed by atoms with Crippen LogP contribution in [0.25, 0.3) is 5.65 Å². The molecular formula is C12H18N4O. The Morgan fingerprint density at radius 2 is 2.18 bits per heavy atom.